The van der Waals surface area contributed by atoms with Crippen LogP contribution in [0.4, 0.5) is 10.5 Å². The van der Waals surface area contributed by atoms with Crippen LogP contribution in [0.15, 0.2) is 24.4 Å². The van der Waals surface area contributed by atoms with Gasteiger partial charge in [0.1, 0.15) is 0 Å². The van der Waals surface area contributed by atoms with Crippen molar-refractivity contribution in [3.63, 3.8) is 0 Å². The lowest BCUT2D eigenvalue weighted by Crippen LogP contribution is -2.31. The fourth-order valence-electron chi connectivity index (χ4n) is 2.38. The van der Waals surface area contributed by atoms with Crippen molar-refractivity contribution >= 4 is 28.6 Å². The number of hydrogen-bond donors (Lipinski definition) is 3. The van der Waals surface area contributed by atoms with E-state index in [0.29, 0.717) is 17.2 Å². The first kappa shape index (κ1) is 13.5. The van der Waals surface area contributed by atoms with Crippen LogP contribution < -0.4 is 10.6 Å². The molecule has 0 aliphatic heterocycles. The number of urea groups is 1. The first-order valence-electron chi connectivity index (χ1n) is 6.85. The number of carbonyl (C=O) groups excluding carboxylic acids is 2. The lowest BCUT2D eigenvalue weighted by atomic mass is 10.1. The van der Waals surface area contributed by atoms with Gasteiger partial charge in [-0.15, -0.1) is 0 Å². The Morgan fingerprint density at radius 1 is 1.38 bits per heavy atom. The molecule has 110 valence electrons. The van der Waals surface area contributed by atoms with Crippen LogP contribution in [0, 0.1) is 5.92 Å². The van der Waals surface area contributed by atoms with Crippen LogP contribution in [0.5, 0.6) is 0 Å². The number of anilines is 1. The molecule has 1 aromatic heterocycles. The maximum absolute atomic E-state index is 11.9. The predicted octanol–water partition coefficient (Wildman–Crippen LogP) is 2.48. The highest BCUT2D eigenvalue weighted by atomic mass is 16.5. The van der Waals surface area contributed by atoms with Gasteiger partial charge in [-0.05, 0) is 30.5 Å². The molecule has 0 spiro atoms. The third kappa shape index (κ3) is 2.69. The number of ether oxygens (including phenoxy) is 1. The molecular weight excluding hydrogens is 270 g/mol. The molecule has 0 bridgehead atoms. The third-order valence-corrected chi connectivity index (χ3v) is 3.76. The van der Waals surface area contributed by atoms with Crippen molar-refractivity contribution in [2.24, 2.45) is 5.92 Å². The molecule has 6 heteroatoms. The fraction of sp³-hybridized carbons (Fsp3) is 0.333. The van der Waals surface area contributed by atoms with Crippen molar-refractivity contribution in [1.82, 2.24) is 10.3 Å². The molecule has 6 nitrogen and oxygen atoms in total. The van der Waals surface area contributed by atoms with E-state index in [4.69, 9.17) is 4.74 Å². The van der Waals surface area contributed by atoms with E-state index >= 15 is 0 Å². The average Bonchev–Trinajstić information content (AvgIpc) is 2.95. The van der Waals surface area contributed by atoms with Crippen molar-refractivity contribution in [1.29, 1.82) is 0 Å². The summed E-state index contributed by atoms with van der Waals surface area (Å²) < 4.78 is 4.78. The molecule has 2 amide bonds. The molecule has 1 heterocycles. The SMILES string of the molecule is COC(=O)c1cc(NC(=O)N[C@@H]2C[C@H]2C)cc2[nH]ccc12. The van der Waals surface area contributed by atoms with Crippen molar-refractivity contribution < 1.29 is 14.3 Å². The highest BCUT2D eigenvalue weighted by Gasteiger charge is 2.33. The molecular formula is C15H17N3O3. The number of benzene rings is 1. The Hall–Kier alpha value is -2.50. The molecule has 1 fully saturated rings. The molecule has 0 unspecified atom stereocenters. The van der Waals surface area contributed by atoms with E-state index in [2.05, 4.69) is 22.5 Å². The summed E-state index contributed by atoms with van der Waals surface area (Å²) in [5, 5.41) is 6.40. The van der Waals surface area contributed by atoms with E-state index in [-0.39, 0.29) is 12.1 Å². The third-order valence-electron chi connectivity index (χ3n) is 3.76. The first-order chi connectivity index (χ1) is 10.1. The van der Waals surface area contributed by atoms with E-state index in [0.717, 1.165) is 17.3 Å². The van der Waals surface area contributed by atoms with Gasteiger partial charge in [0.15, 0.2) is 0 Å². The van der Waals surface area contributed by atoms with E-state index in [1.807, 2.05) is 0 Å². The Kier molecular flexibility index (Phi) is 3.29. The molecule has 1 aliphatic carbocycles. The van der Waals surface area contributed by atoms with Crippen LogP contribution in [-0.4, -0.2) is 30.1 Å². The molecule has 1 aliphatic rings. The summed E-state index contributed by atoms with van der Waals surface area (Å²) >= 11 is 0. The molecule has 2 aromatic rings. The zero-order valence-corrected chi connectivity index (χ0v) is 11.9. The highest BCUT2D eigenvalue weighted by molar-refractivity contribution is 6.06. The molecule has 1 aromatic carbocycles. The van der Waals surface area contributed by atoms with Gasteiger partial charge < -0.3 is 20.4 Å². The van der Waals surface area contributed by atoms with Gasteiger partial charge in [-0.3, -0.25) is 0 Å². The van der Waals surface area contributed by atoms with Gasteiger partial charge in [-0.1, -0.05) is 6.92 Å². The monoisotopic (exact) mass is 287 g/mol. The van der Waals surface area contributed by atoms with Crippen molar-refractivity contribution in [2.45, 2.75) is 19.4 Å². The molecule has 21 heavy (non-hydrogen) atoms. The van der Waals surface area contributed by atoms with Gasteiger partial charge in [-0.2, -0.15) is 0 Å². The molecule has 1 saturated carbocycles. The fourth-order valence-corrected chi connectivity index (χ4v) is 2.38. The Labute approximate surface area is 121 Å². The van der Waals surface area contributed by atoms with Gasteiger partial charge in [0, 0.05) is 28.8 Å². The Morgan fingerprint density at radius 2 is 2.14 bits per heavy atom. The maximum atomic E-state index is 11.9. The number of aromatic nitrogens is 1. The first-order valence-corrected chi connectivity index (χ1v) is 6.85. The number of fused-ring (bicyclic) bond motifs is 1. The summed E-state index contributed by atoms with van der Waals surface area (Å²) in [6.45, 7) is 2.09. The molecule has 0 radical (unpaired) electrons. The quantitative estimate of drug-likeness (QED) is 0.758. The van der Waals surface area contributed by atoms with Crippen molar-refractivity contribution in [3.05, 3.63) is 30.0 Å². The minimum absolute atomic E-state index is 0.249. The van der Waals surface area contributed by atoms with E-state index < -0.39 is 5.97 Å². The molecule has 3 rings (SSSR count). The second-order valence-electron chi connectivity index (χ2n) is 5.37. The van der Waals surface area contributed by atoms with Crippen LogP contribution in [0.3, 0.4) is 0 Å². The van der Waals surface area contributed by atoms with Crippen molar-refractivity contribution in [2.75, 3.05) is 12.4 Å². The number of methoxy groups -OCH3 is 1. The van der Waals surface area contributed by atoms with Crippen LogP contribution in [0.2, 0.25) is 0 Å². The molecule has 3 N–H and O–H groups in total. The zero-order chi connectivity index (χ0) is 15.0. The van der Waals surface area contributed by atoms with Crippen LogP contribution in [-0.2, 0) is 4.74 Å². The lowest BCUT2D eigenvalue weighted by molar-refractivity contribution is 0.0603. The van der Waals surface area contributed by atoms with E-state index in [1.165, 1.54) is 7.11 Å². The minimum Gasteiger partial charge on any atom is -0.465 e. The van der Waals surface area contributed by atoms with Gasteiger partial charge in [0.05, 0.1) is 12.7 Å². The number of hydrogen-bond acceptors (Lipinski definition) is 3. The second kappa shape index (κ2) is 5.12. The number of amides is 2. The summed E-state index contributed by atoms with van der Waals surface area (Å²) in [4.78, 5) is 26.7. The largest absolute Gasteiger partial charge is 0.465 e. The van der Waals surface area contributed by atoms with Crippen LogP contribution in [0.25, 0.3) is 10.9 Å². The zero-order valence-electron chi connectivity index (χ0n) is 11.9. The highest BCUT2D eigenvalue weighted by Crippen LogP contribution is 2.29. The maximum Gasteiger partial charge on any atom is 0.338 e. The van der Waals surface area contributed by atoms with Crippen LogP contribution >= 0.6 is 0 Å². The lowest BCUT2D eigenvalue weighted by Gasteiger charge is -2.09. The predicted molar refractivity (Wildman–Crippen MR) is 79.4 cm³/mol. The summed E-state index contributed by atoms with van der Waals surface area (Å²) in [5.74, 6) is 0.103. The number of esters is 1. The average molecular weight is 287 g/mol. The Bertz CT molecular complexity index is 707. The second-order valence-corrected chi connectivity index (χ2v) is 5.37. The van der Waals surface area contributed by atoms with Crippen LogP contribution in [0.1, 0.15) is 23.7 Å². The number of aromatic amines is 1. The van der Waals surface area contributed by atoms with Gasteiger partial charge in [0.25, 0.3) is 0 Å². The van der Waals surface area contributed by atoms with Gasteiger partial charge >= 0.3 is 12.0 Å². The topological polar surface area (TPSA) is 83.2 Å². The number of carbonyl (C=O) groups is 2. The van der Waals surface area contributed by atoms with Gasteiger partial charge in [-0.25, -0.2) is 9.59 Å². The normalized spacial score (nSPS) is 20.1. The standard InChI is InChI=1S/C15H17N3O3/c1-8-5-12(8)18-15(20)17-9-6-11(14(19)21-2)10-3-4-16-13(10)7-9/h3-4,6-8,12,16H,5H2,1-2H3,(H2,17,18,20)/t8-,12-/m1/s1. The number of nitrogens with one attached hydrogen (secondary N) is 3. The van der Waals surface area contributed by atoms with Gasteiger partial charge in [0.2, 0.25) is 0 Å². The Balaban J connectivity index is 1.84. The summed E-state index contributed by atoms with van der Waals surface area (Å²) in [7, 11) is 1.34. The molecule has 2 atom stereocenters. The summed E-state index contributed by atoms with van der Waals surface area (Å²) in [6.07, 6.45) is 2.75. The smallest absolute Gasteiger partial charge is 0.338 e. The Morgan fingerprint density at radius 3 is 2.81 bits per heavy atom. The number of rotatable bonds is 3. The summed E-state index contributed by atoms with van der Waals surface area (Å²) in [5.41, 5.74) is 1.75. The van der Waals surface area contributed by atoms with E-state index in [9.17, 15) is 9.59 Å². The minimum atomic E-state index is -0.431. The number of H-pyrrole nitrogens is 1. The summed E-state index contributed by atoms with van der Waals surface area (Å²) in [6, 6.07) is 5.21. The van der Waals surface area contributed by atoms with E-state index in [1.54, 1.807) is 24.4 Å². The molecule has 0 saturated heterocycles. The van der Waals surface area contributed by atoms with Crippen molar-refractivity contribution in [3.8, 4) is 0 Å².